The van der Waals surface area contributed by atoms with Crippen LogP contribution in [0.3, 0.4) is 0 Å². The molecule has 0 radical (unpaired) electrons. The molecule has 3 heterocycles. The summed E-state index contributed by atoms with van der Waals surface area (Å²) >= 11 is 0. The lowest BCUT2D eigenvalue weighted by Crippen LogP contribution is -2.34. The van der Waals surface area contributed by atoms with Crippen molar-refractivity contribution in [2.45, 2.75) is 26.3 Å². The number of tetrazole rings is 1. The van der Waals surface area contributed by atoms with Crippen LogP contribution in [0.2, 0.25) is 0 Å². The van der Waals surface area contributed by atoms with Gasteiger partial charge < -0.3 is 10.2 Å². The van der Waals surface area contributed by atoms with Crippen molar-refractivity contribution in [2.75, 3.05) is 18.0 Å². The molecule has 1 unspecified atom stereocenters. The van der Waals surface area contributed by atoms with E-state index in [1.54, 1.807) is 18.3 Å². The summed E-state index contributed by atoms with van der Waals surface area (Å²) in [5.41, 5.74) is 3.44. The van der Waals surface area contributed by atoms with Crippen molar-refractivity contribution in [1.29, 1.82) is 0 Å². The molecule has 3 aromatic rings. The summed E-state index contributed by atoms with van der Waals surface area (Å²) in [6, 6.07) is 11.8. The zero-order valence-electron chi connectivity index (χ0n) is 14.8. The largest absolute Gasteiger partial charge is 0.371 e. The lowest BCUT2D eigenvalue weighted by Gasteiger charge is -2.32. The summed E-state index contributed by atoms with van der Waals surface area (Å²) in [5, 5.41) is 14.2. The molecule has 7 nitrogen and oxygen atoms in total. The molecule has 0 bridgehead atoms. The first-order chi connectivity index (χ1) is 12.7. The average molecular weight is 350 g/mol. The number of fused-ring (bicyclic) bond motifs is 1. The second kappa shape index (κ2) is 7.11. The zero-order valence-corrected chi connectivity index (χ0v) is 14.8. The predicted molar refractivity (Wildman–Crippen MR) is 99.0 cm³/mol. The second-order valence-electron chi connectivity index (χ2n) is 6.94. The van der Waals surface area contributed by atoms with Crippen LogP contribution in [0.5, 0.6) is 0 Å². The number of hydrogen-bond acceptors (Lipinski definition) is 5. The van der Waals surface area contributed by atoms with Crippen molar-refractivity contribution in [2.24, 2.45) is 5.92 Å². The van der Waals surface area contributed by atoms with E-state index in [9.17, 15) is 4.79 Å². The first-order valence-corrected chi connectivity index (χ1v) is 8.99. The highest BCUT2D eigenvalue weighted by atomic mass is 16.1. The van der Waals surface area contributed by atoms with Gasteiger partial charge in [0.1, 0.15) is 0 Å². The molecular weight excluding hydrogens is 328 g/mol. The first kappa shape index (κ1) is 16.5. The third-order valence-electron chi connectivity index (χ3n) is 4.87. The molecule has 0 aliphatic carbocycles. The number of nitrogens with zero attached hydrogens (tertiary/aromatic N) is 5. The molecule has 0 spiro atoms. The Morgan fingerprint density at radius 2 is 2.12 bits per heavy atom. The first-order valence-electron chi connectivity index (χ1n) is 8.99. The summed E-state index contributed by atoms with van der Waals surface area (Å²) in [4.78, 5) is 14.8. The van der Waals surface area contributed by atoms with E-state index in [1.165, 1.54) is 23.0 Å². The van der Waals surface area contributed by atoms with Gasteiger partial charge in [-0.3, -0.25) is 4.79 Å². The smallest absolute Gasteiger partial charge is 0.251 e. The predicted octanol–water partition coefficient (Wildman–Crippen LogP) is 2.29. The molecule has 134 valence electrons. The quantitative estimate of drug-likeness (QED) is 0.781. The number of carbonyl (C=O) groups is 1. The van der Waals surface area contributed by atoms with Gasteiger partial charge >= 0.3 is 0 Å². The molecule has 1 aromatic carbocycles. The number of hydrogen-bond donors (Lipinski definition) is 1. The van der Waals surface area contributed by atoms with E-state index in [4.69, 9.17) is 0 Å². The van der Waals surface area contributed by atoms with Crippen LogP contribution in [-0.2, 0) is 6.54 Å². The SMILES string of the molecule is CC1CCCN(c2ccc(CNC(=O)c3ccn4nnnc4c3)cc2)C1. The highest BCUT2D eigenvalue weighted by molar-refractivity contribution is 5.94. The lowest BCUT2D eigenvalue weighted by atomic mass is 9.99. The standard InChI is InChI=1S/C19H22N6O/c1-14-3-2-9-24(13-14)17-6-4-15(5-7-17)12-20-19(26)16-8-10-25-18(11-16)21-22-23-25/h4-8,10-11,14H,2-3,9,12-13H2,1H3,(H,20,26). The summed E-state index contributed by atoms with van der Waals surface area (Å²) in [6.07, 6.45) is 4.25. The van der Waals surface area contributed by atoms with Gasteiger partial charge in [-0.05, 0) is 59.0 Å². The number of rotatable bonds is 4. The van der Waals surface area contributed by atoms with E-state index >= 15 is 0 Å². The van der Waals surface area contributed by atoms with Gasteiger partial charge in [-0.1, -0.05) is 19.1 Å². The fourth-order valence-electron chi connectivity index (χ4n) is 3.41. The fourth-order valence-corrected chi connectivity index (χ4v) is 3.41. The van der Waals surface area contributed by atoms with E-state index in [0.29, 0.717) is 17.8 Å². The van der Waals surface area contributed by atoms with E-state index in [1.807, 2.05) is 0 Å². The van der Waals surface area contributed by atoms with Crippen LogP contribution in [0, 0.1) is 5.92 Å². The molecule has 4 rings (SSSR count). The summed E-state index contributed by atoms with van der Waals surface area (Å²) in [5.74, 6) is 0.616. The average Bonchev–Trinajstić information content (AvgIpc) is 3.14. The normalized spacial score (nSPS) is 17.4. The lowest BCUT2D eigenvalue weighted by molar-refractivity contribution is 0.0951. The second-order valence-corrected chi connectivity index (χ2v) is 6.94. The number of anilines is 1. The number of nitrogens with one attached hydrogen (secondary N) is 1. The maximum Gasteiger partial charge on any atom is 0.251 e. The molecule has 26 heavy (non-hydrogen) atoms. The van der Waals surface area contributed by atoms with Crippen molar-refractivity contribution < 1.29 is 4.79 Å². The Balaban J connectivity index is 1.37. The van der Waals surface area contributed by atoms with Gasteiger partial charge in [0.2, 0.25) is 0 Å². The minimum Gasteiger partial charge on any atom is -0.371 e. The Hall–Kier alpha value is -2.96. The molecule has 1 atom stereocenters. The minimum atomic E-state index is -0.135. The van der Waals surface area contributed by atoms with Crippen LogP contribution in [0.4, 0.5) is 5.69 Å². The van der Waals surface area contributed by atoms with Crippen molar-refractivity contribution >= 4 is 17.2 Å². The van der Waals surface area contributed by atoms with Gasteiger partial charge in [-0.2, -0.15) is 0 Å². The van der Waals surface area contributed by atoms with Gasteiger partial charge in [-0.25, -0.2) is 4.52 Å². The number of pyridine rings is 1. The number of carbonyl (C=O) groups excluding carboxylic acids is 1. The molecule has 1 fully saturated rings. The topological polar surface area (TPSA) is 75.4 Å². The van der Waals surface area contributed by atoms with Gasteiger partial charge in [0.25, 0.3) is 5.91 Å². The maximum absolute atomic E-state index is 12.3. The van der Waals surface area contributed by atoms with Gasteiger partial charge in [0.15, 0.2) is 5.65 Å². The van der Waals surface area contributed by atoms with Gasteiger partial charge in [0.05, 0.1) is 0 Å². The molecular formula is C19H22N6O. The van der Waals surface area contributed by atoms with Crippen molar-refractivity contribution in [3.8, 4) is 0 Å². The maximum atomic E-state index is 12.3. The molecule has 1 amide bonds. The van der Waals surface area contributed by atoms with Crippen LogP contribution in [0.15, 0.2) is 42.6 Å². The van der Waals surface area contributed by atoms with E-state index in [2.05, 4.69) is 56.9 Å². The zero-order chi connectivity index (χ0) is 17.9. The molecule has 1 aliphatic heterocycles. The Morgan fingerprint density at radius 1 is 1.27 bits per heavy atom. The Labute approximate surface area is 152 Å². The highest BCUT2D eigenvalue weighted by Crippen LogP contribution is 2.23. The molecule has 1 N–H and O–H groups in total. The Morgan fingerprint density at radius 3 is 2.92 bits per heavy atom. The van der Waals surface area contributed by atoms with E-state index < -0.39 is 0 Å². The van der Waals surface area contributed by atoms with E-state index in [-0.39, 0.29) is 5.91 Å². The van der Waals surface area contributed by atoms with Gasteiger partial charge in [0, 0.05) is 37.1 Å². The molecule has 1 aliphatic rings. The molecule has 2 aromatic heterocycles. The monoisotopic (exact) mass is 350 g/mol. The van der Waals surface area contributed by atoms with Crippen molar-refractivity contribution in [1.82, 2.24) is 25.4 Å². The van der Waals surface area contributed by atoms with Crippen molar-refractivity contribution in [3.05, 3.63) is 53.7 Å². The number of aromatic nitrogens is 4. The molecule has 0 saturated carbocycles. The number of piperidine rings is 1. The van der Waals surface area contributed by atoms with Crippen LogP contribution >= 0.6 is 0 Å². The molecule has 7 heteroatoms. The van der Waals surface area contributed by atoms with Gasteiger partial charge in [-0.15, -0.1) is 5.10 Å². The number of benzene rings is 1. The minimum absolute atomic E-state index is 0.135. The van der Waals surface area contributed by atoms with Crippen molar-refractivity contribution in [3.63, 3.8) is 0 Å². The molecule has 1 saturated heterocycles. The third-order valence-corrected chi connectivity index (χ3v) is 4.87. The van der Waals surface area contributed by atoms with E-state index in [0.717, 1.165) is 24.6 Å². The third kappa shape index (κ3) is 3.51. The fraction of sp³-hybridized carbons (Fsp3) is 0.368. The van der Waals surface area contributed by atoms with Crippen LogP contribution in [0.25, 0.3) is 5.65 Å². The van der Waals surface area contributed by atoms with Crippen LogP contribution in [-0.4, -0.2) is 39.0 Å². The summed E-state index contributed by atoms with van der Waals surface area (Å²) in [7, 11) is 0. The Bertz CT molecular complexity index is 904. The van der Waals surface area contributed by atoms with Crippen LogP contribution in [0.1, 0.15) is 35.7 Å². The summed E-state index contributed by atoms with van der Waals surface area (Å²) in [6.45, 7) is 5.05. The summed E-state index contributed by atoms with van der Waals surface area (Å²) < 4.78 is 1.52. The number of amides is 1. The Kier molecular flexibility index (Phi) is 4.51. The highest BCUT2D eigenvalue weighted by Gasteiger charge is 2.16. The van der Waals surface area contributed by atoms with Crippen LogP contribution < -0.4 is 10.2 Å².